The lowest BCUT2D eigenvalue weighted by molar-refractivity contribution is -0.274. The first kappa shape index (κ1) is 19.7. The molecule has 152 valence electrons. The molecule has 1 heterocycles. The van der Waals surface area contributed by atoms with Gasteiger partial charge in [0.1, 0.15) is 17.9 Å². The second-order valence-electron chi connectivity index (χ2n) is 6.90. The molecule has 0 saturated heterocycles. The number of nitrogens with zero attached hydrogens (tertiary/aromatic N) is 2. The maximum Gasteiger partial charge on any atom is 0.573 e. The average molecular weight is 409 g/mol. The zero-order chi connectivity index (χ0) is 21.3. The van der Waals surface area contributed by atoms with Gasteiger partial charge in [0.25, 0.3) is 0 Å². The molecular weight excluding hydrogens is 391 g/mol. The highest BCUT2D eigenvalue weighted by Gasteiger charge is 2.30. The molecule has 1 aromatic heterocycles. The first-order chi connectivity index (χ1) is 14.3. The second kappa shape index (κ2) is 7.67. The van der Waals surface area contributed by atoms with Crippen molar-refractivity contribution in [3.63, 3.8) is 0 Å². The van der Waals surface area contributed by atoms with Crippen LogP contribution in [-0.4, -0.2) is 16.3 Å². The Balaban J connectivity index is 1.62. The molecule has 0 aliphatic carbocycles. The molecule has 0 radical (unpaired) electrons. The molecule has 4 rings (SSSR count). The highest BCUT2D eigenvalue weighted by atomic mass is 19.4. The van der Waals surface area contributed by atoms with Gasteiger partial charge in [0, 0.05) is 16.8 Å². The van der Waals surface area contributed by atoms with Crippen LogP contribution in [0.2, 0.25) is 0 Å². The van der Waals surface area contributed by atoms with Gasteiger partial charge in [-0.05, 0) is 60.5 Å². The average Bonchev–Trinajstić information content (AvgIpc) is 2.70. The highest BCUT2D eigenvalue weighted by molar-refractivity contribution is 5.90. The van der Waals surface area contributed by atoms with E-state index in [1.165, 1.54) is 41.5 Å². The van der Waals surface area contributed by atoms with Gasteiger partial charge in [-0.3, -0.25) is 0 Å². The smallest absolute Gasteiger partial charge is 0.406 e. The summed E-state index contributed by atoms with van der Waals surface area (Å²) in [5.74, 6) is 0.299. The maximum atomic E-state index is 12.3. The Bertz CT molecular complexity index is 1200. The van der Waals surface area contributed by atoms with Gasteiger partial charge in [0.15, 0.2) is 0 Å². The summed E-state index contributed by atoms with van der Waals surface area (Å²) in [5.41, 5.74) is 4.38. The third kappa shape index (κ3) is 4.20. The van der Waals surface area contributed by atoms with Crippen molar-refractivity contribution in [3.05, 3.63) is 78.1 Å². The van der Waals surface area contributed by atoms with Crippen LogP contribution in [0.15, 0.2) is 67.0 Å². The van der Waals surface area contributed by atoms with E-state index in [2.05, 4.69) is 51.2 Å². The predicted molar refractivity (Wildman–Crippen MR) is 111 cm³/mol. The van der Waals surface area contributed by atoms with Crippen LogP contribution in [0, 0.1) is 13.8 Å². The van der Waals surface area contributed by atoms with E-state index in [4.69, 9.17) is 0 Å². The molecule has 0 amide bonds. The first-order valence-electron chi connectivity index (χ1n) is 9.24. The second-order valence-corrected chi connectivity index (χ2v) is 6.90. The van der Waals surface area contributed by atoms with E-state index in [-0.39, 0.29) is 5.75 Å². The molecule has 4 nitrogen and oxygen atoms in total. The Hall–Kier alpha value is -3.61. The van der Waals surface area contributed by atoms with Gasteiger partial charge in [-0.2, -0.15) is 0 Å². The van der Waals surface area contributed by atoms with Gasteiger partial charge in [0.05, 0.1) is 5.69 Å². The molecule has 0 bridgehead atoms. The van der Waals surface area contributed by atoms with Gasteiger partial charge in [-0.15, -0.1) is 13.2 Å². The normalized spacial score (nSPS) is 11.5. The molecule has 7 heteroatoms. The minimum Gasteiger partial charge on any atom is -0.406 e. The molecule has 0 spiro atoms. The lowest BCUT2D eigenvalue weighted by Gasteiger charge is -2.13. The van der Waals surface area contributed by atoms with Crippen LogP contribution >= 0.6 is 0 Å². The van der Waals surface area contributed by atoms with Crippen molar-refractivity contribution in [1.82, 2.24) is 9.97 Å². The van der Waals surface area contributed by atoms with Crippen molar-refractivity contribution in [2.75, 3.05) is 5.32 Å². The summed E-state index contributed by atoms with van der Waals surface area (Å²) in [6.07, 6.45) is -3.25. The number of benzene rings is 3. The van der Waals surface area contributed by atoms with Crippen LogP contribution in [-0.2, 0) is 0 Å². The summed E-state index contributed by atoms with van der Waals surface area (Å²) in [5, 5.41) is 5.44. The van der Waals surface area contributed by atoms with Crippen molar-refractivity contribution in [2.45, 2.75) is 20.2 Å². The van der Waals surface area contributed by atoms with Crippen LogP contribution in [0.1, 0.15) is 11.1 Å². The number of ether oxygens (including phenoxy) is 1. The van der Waals surface area contributed by atoms with Crippen molar-refractivity contribution in [1.29, 1.82) is 0 Å². The Morgan fingerprint density at radius 2 is 1.67 bits per heavy atom. The third-order valence-corrected chi connectivity index (χ3v) is 4.81. The monoisotopic (exact) mass is 409 g/mol. The molecule has 0 aliphatic heterocycles. The van der Waals surface area contributed by atoms with Crippen molar-refractivity contribution < 1.29 is 17.9 Å². The first-order valence-corrected chi connectivity index (χ1v) is 9.24. The van der Waals surface area contributed by atoms with Crippen LogP contribution < -0.4 is 10.1 Å². The number of hydrogen-bond donors (Lipinski definition) is 1. The van der Waals surface area contributed by atoms with Gasteiger partial charge >= 0.3 is 6.36 Å². The summed E-state index contributed by atoms with van der Waals surface area (Å²) >= 11 is 0. The molecule has 1 N–H and O–H groups in total. The third-order valence-electron chi connectivity index (χ3n) is 4.81. The van der Waals surface area contributed by atoms with E-state index in [1.54, 1.807) is 0 Å². The summed E-state index contributed by atoms with van der Waals surface area (Å²) < 4.78 is 40.8. The molecule has 0 atom stereocenters. The van der Waals surface area contributed by atoms with Crippen molar-refractivity contribution in [2.24, 2.45) is 0 Å². The lowest BCUT2D eigenvalue weighted by atomic mass is 10.00. The topological polar surface area (TPSA) is 47.0 Å². The van der Waals surface area contributed by atoms with Gasteiger partial charge < -0.3 is 10.1 Å². The quantitative estimate of drug-likeness (QED) is 0.415. The molecule has 0 unspecified atom stereocenters. The van der Waals surface area contributed by atoms with Gasteiger partial charge in [0.2, 0.25) is 0 Å². The number of alkyl halides is 3. The Morgan fingerprint density at radius 1 is 0.900 bits per heavy atom. The molecule has 0 saturated carbocycles. The molecule has 3 aromatic carbocycles. The zero-order valence-electron chi connectivity index (χ0n) is 16.3. The minimum atomic E-state index is -4.72. The fraction of sp³-hybridized carbons (Fsp3) is 0.130. The molecular formula is C23H18F3N3O. The highest BCUT2D eigenvalue weighted by Crippen LogP contribution is 2.31. The number of aryl methyl sites for hydroxylation is 1. The maximum absolute atomic E-state index is 12.3. The van der Waals surface area contributed by atoms with E-state index < -0.39 is 6.36 Å². The van der Waals surface area contributed by atoms with Crippen LogP contribution in [0.4, 0.5) is 24.7 Å². The predicted octanol–water partition coefficient (Wildman–Crippen LogP) is 6.56. The standard InChI is InChI=1S/C23H18F3N3O/c1-14-4-3-5-16-12-17(6-11-20(14)16)21-15(2)22(28-13-27-21)29-18-7-9-19(10-8-18)30-23(24,25)26/h3-13H,1-2H3,(H,27,28,29). The number of hydrogen-bond acceptors (Lipinski definition) is 4. The van der Waals surface area contributed by atoms with E-state index in [0.717, 1.165) is 22.2 Å². The van der Waals surface area contributed by atoms with Crippen molar-refractivity contribution >= 4 is 22.3 Å². The molecule has 4 aromatic rings. The molecule has 0 aliphatic rings. The SMILES string of the molecule is Cc1c(Nc2ccc(OC(F)(F)F)cc2)ncnc1-c1ccc2c(C)cccc2c1. The number of rotatable bonds is 4. The van der Waals surface area contributed by atoms with Crippen LogP contribution in [0.3, 0.4) is 0 Å². The van der Waals surface area contributed by atoms with Gasteiger partial charge in [-0.25, -0.2) is 9.97 Å². The number of aromatic nitrogens is 2. The summed E-state index contributed by atoms with van der Waals surface area (Å²) in [6.45, 7) is 3.98. The number of nitrogens with one attached hydrogen (secondary N) is 1. The fourth-order valence-corrected chi connectivity index (χ4v) is 3.34. The number of fused-ring (bicyclic) bond motifs is 1. The summed E-state index contributed by atoms with van der Waals surface area (Å²) in [4.78, 5) is 8.72. The largest absolute Gasteiger partial charge is 0.573 e. The Labute approximate surface area is 171 Å². The van der Waals surface area contributed by atoms with E-state index in [9.17, 15) is 13.2 Å². The van der Waals surface area contributed by atoms with Gasteiger partial charge in [-0.1, -0.05) is 30.3 Å². The minimum absolute atomic E-state index is 0.278. The Morgan fingerprint density at radius 3 is 2.40 bits per heavy atom. The zero-order valence-corrected chi connectivity index (χ0v) is 16.3. The van der Waals surface area contributed by atoms with E-state index in [1.807, 2.05) is 19.1 Å². The Kier molecular flexibility index (Phi) is 5.03. The lowest BCUT2D eigenvalue weighted by Crippen LogP contribution is -2.17. The number of halogens is 3. The fourth-order valence-electron chi connectivity index (χ4n) is 3.34. The van der Waals surface area contributed by atoms with Crippen LogP contribution in [0.25, 0.3) is 22.0 Å². The van der Waals surface area contributed by atoms with Crippen molar-refractivity contribution in [3.8, 4) is 17.0 Å². The number of anilines is 2. The summed E-state index contributed by atoms with van der Waals surface area (Å²) in [7, 11) is 0. The van der Waals surface area contributed by atoms with E-state index >= 15 is 0 Å². The molecule has 30 heavy (non-hydrogen) atoms. The van der Waals surface area contributed by atoms with Crippen LogP contribution in [0.5, 0.6) is 5.75 Å². The molecule has 0 fully saturated rings. The summed E-state index contributed by atoms with van der Waals surface area (Å²) in [6, 6.07) is 17.8. The van der Waals surface area contributed by atoms with E-state index in [0.29, 0.717) is 11.5 Å².